The van der Waals surface area contributed by atoms with Crippen molar-refractivity contribution in [2.45, 2.75) is 37.5 Å². The zero-order valence-electron chi connectivity index (χ0n) is 16.0. The van der Waals surface area contributed by atoms with Crippen LogP contribution >= 0.6 is 0 Å². The second kappa shape index (κ2) is 9.21. The molecule has 0 spiro atoms. The van der Waals surface area contributed by atoms with Crippen molar-refractivity contribution < 1.29 is 18.3 Å². The predicted octanol–water partition coefficient (Wildman–Crippen LogP) is 4.11. The number of sulfonamides is 1. The van der Waals surface area contributed by atoms with Crippen LogP contribution in [-0.4, -0.2) is 43.7 Å². The molecule has 0 radical (unpaired) electrons. The Kier molecular flexibility index (Phi) is 6.70. The Balaban J connectivity index is 1.74. The van der Waals surface area contributed by atoms with Crippen LogP contribution < -0.4 is 4.74 Å². The van der Waals surface area contributed by atoms with Crippen molar-refractivity contribution in [2.24, 2.45) is 4.99 Å². The van der Waals surface area contributed by atoms with Crippen LogP contribution in [0.1, 0.15) is 38.2 Å². The summed E-state index contributed by atoms with van der Waals surface area (Å²) in [7, 11) is -3.45. The maximum absolute atomic E-state index is 12.8. The summed E-state index contributed by atoms with van der Waals surface area (Å²) < 4.78 is 32.6. The summed E-state index contributed by atoms with van der Waals surface area (Å²) in [5, 5.41) is 9.75. The van der Waals surface area contributed by atoms with E-state index in [0.717, 1.165) is 31.2 Å². The van der Waals surface area contributed by atoms with E-state index in [2.05, 4.69) is 4.99 Å². The van der Waals surface area contributed by atoms with E-state index < -0.39 is 10.0 Å². The van der Waals surface area contributed by atoms with Gasteiger partial charge in [0.05, 0.1) is 17.2 Å². The Morgan fingerprint density at radius 2 is 1.75 bits per heavy atom. The van der Waals surface area contributed by atoms with E-state index >= 15 is 0 Å². The molecule has 1 aliphatic rings. The molecule has 1 aliphatic heterocycles. The average molecular weight is 403 g/mol. The molecule has 3 rings (SSSR count). The Morgan fingerprint density at radius 3 is 2.39 bits per heavy atom. The molecule has 0 aromatic heterocycles. The average Bonchev–Trinajstić information content (AvgIpc) is 2.99. The van der Waals surface area contributed by atoms with Gasteiger partial charge in [-0.15, -0.1) is 0 Å². The standard InChI is InChI=1S/C21H26N2O4S/c1-2-27-21-15-17(7-12-20(21)24)16-22-18-8-10-19(11-9-18)28(25,26)23-13-5-3-4-6-14-23/h7-12,15-16,24H,2-6,13-14H2,1H3. The van der Waals surface area contributed by atoms with Crippen molar-refractivity contribution in [3.8, 4) is 11.5 Å². The minimum absolute atomic E-state index is 0.0853. The largest absolute Gasteiger partial charge is 0.504 e. The van der Waals surface area contributed by atoms with E-state index in [4.69, 9.17) is 4.74 Å². The van der Waals surface area contributed by atoms with E-state index in [1.165, 1.54) is 0 Å². The number of benzene rings is 2. The molecule has 1 heterocycles. The van der Waals surface area contributed by atoms with Gasteiger partial charge in [0.25, 0.3) is 0 Å². The number of ether oxygens (including phenoxy) is 1. The first-order valence-electron chi connectivity index (χ1n) is 9.61. The molecule has 1 saturated heterocycles. The summed E-state index contributed by atoms with van der Waals surface area (Å²) in [5.41, 5.74) is 1.43. The first kappa shape index (κ1) is 20.4. The fourth-order valence-corrected chi connectivity index (χ4v) is 4.68. The second-order valence-electron chi connectivity index (χ2n) is 6.73. The van der Waals surface area contributed by atoms with E-state index in [1.807, 2.05) is 6.92 Å². The van der Waals surface area contributed by atoms with Crippen LogP contribution in [0.3, 0.4) is 0 Å². The van der Waals surface area contributed by atoms with Crippen LogP contribution in [0.15, 0.2) is 52.4 Å². The van der Waals surface area contributed by atoms with Gasteiger partial charge >= 0.3 is 0 Å². The highest BCUT2D eigenvalue weighted by Crippen LogP contribution is 2.27. The molecular weight excluding hydrogens is 376 g/mol. The fourth-order valence-electron chi connectivity index (χ4n) is 3.17. The highest BCUT2D eigenvalue weighted by molar-refractivity contribution is 7.89. The monoisotopic (exact) mass is 402 g/mol. The maximum Gasteiger partial charge on any atom is 0.243 e. The van der Waals surface area contributed by atoms with Gasteiger partial charge in [-0.3, -0.25) is 4.99 Å². The number of aromatic hydroxyl groups is 1. The van der Waals surface area contributed by atoms with Crippen LogP contribution in [0.25, 0.3) is 0 Å². The van der Waals surface area contributed by atoms with Crippen molar-refractivity contribution in [2.75, 3.05) is 19.7 Å². The zero-order chi connectivity index (χ0) is 20.0. The molecule has 0 amide bonds. The van der Waals surface area contributed by atoms with Crippen molar-refractivity contribution >= 4 is 21.9 Å². The topological polar surface area (TPSA) is 79.2 Å². The molecule has 28 heavy (non-hydrogen) atoms. The Hall–Kier alpha value is -2.38. The number of phenols is 1. The van der Waals surface area contributed by atoms with Gasteiger partial charge in [0.2, 0.25) is 10.0 Å². The third-order valence-electron chi connectivity index (χ3n) is 4.69. The maximum atomic E-state index is 12.8. The van der Waals surface area contributed by atoms with Gasteiger partial charge in [-0.05, 0) is 67.8 Å². The Morgan fingerprint density at radius 1 is 1.07 bits per heavy atom. The Labute approximate surface area is 166 Å². The summed E-state index contributed by atoms with van der Waals surface area (Å²) in [4.78, 5) is 4.69. The van der Waals surface area contributed by atoms with E-state index in [-0.39, 0.29) is 5.75 Å². The third-order valence-corrected chi connectivity index (χ3v) is 6.60. The van der Waals surface area contributed by atoms with Gasteiger partial charge in [-0.2, -0.15) is 4.31 Å². The number of hydrogen-bond acceptors (Lipinski definition) is 5. The first-order valence-corrected chi connectivity index (χ1v) is 11.0. The normalized spacial score (nSPS) is 16.2. The summed E-state index contributed by atoms with van der Waals surface area (Å²) in [6.45, 7) is 3.49. The van der Waals surface area contributed by atoms with Gasteiger partial charge in [0.15, 0.2) is 11.5 Å². The molecule has 0 atom stereocenters. The molecule has 1 fully saturated rings. The number of hydrogen-bond donors (Lipinski definition) is 1. The molecule has 150 valence electrons. The molecule has 7 heteroatoms. The SMILES string of the molecule is CCOc1cc(C=Nc2ccc(S(=O)(=O)N3CCCCCC3)cc2)ccc1O. The number of phenolic OH excluding ortho intramolecular Hbond substituents is 1. The summed E-state index contributed by atoms with van der Waals surface area (Å²) in [6.07, 6.45) is 5.65. The van der Waals surface area contributed by atoms with Crippen molar-refractivity contribution in [1.82, 2.24) is 4.31 Å². The smallest absolute Gasteiger partial charge is 0.243 e. The molecule has 0 aliphatic carbocycles. The van der Waals surface area contributed by atoms with E-state index in [0.29, 0.717) is 36.0 Å². The van der Waals surface area contributed by atoms with Crippen LogP contribution in [-0.2, 0) is 10.0 Å². The molecule has 2 aromatic carbocycles. The van der Waals surface area contributed by atoms with Gasteiger partial charge in [0, 0.05) is 19.3 Å². The van der Waals surface area contributed by atoms with Crippen LogP contribution in [0.5, 0.6) is 11.5 Å². The van der Waals surface area contributed by atoms with Crippen molar-refractivity contribution in [3.63, 3.8) is 0 Å². The van der Waals surface area contributed by atoms with Gasteiger partial charge in [-0.1, -0.05) is 12.8 Å². The minimum Gasteiger partial charge on any atom is -0.504 e. The highest BCUT2D eigenvalue weighted by Gasteiger charge is 2.24. The van der Waals surface area contributed by atoms with Gasteiger partial charge in [-0.25, -0.2) is 8.42 Å². The summed E-state index contributed by atoms with van der Waals surface area (Å²) in [5.74, 6) is 0.493. The van der Waals surface area contributed by atoms with Crippen LogP contribution in [0.4, 0.5) is 5.69 Å². The zero-order valence-corrected chi connectivity index (χ0v) is 16.9. The van der Waals surface area contributed by atoms with Gasteiger partial charge < -0.3 is 9.84 Å². The minimum atomic E-state index is -3.45. The van der Waals surface area contributed by atoms with Crippen molar-refractivity contribution in [1.29, 1.82) is 0 Å². The second-order valence-corrected chi connectivity index (χ2v) is 8.67. The lowest BCUT2D eigenvalue weighted by atomic mass is 10.2. The number of nitrogens with zero attached hydrogens (tertiary/aromatic N) is 2. The molecular formula is C21H26N2O4S. The summed E-state index contributed by atoms with van der Waals surface area (Å²) >= 11 is 0. The molecule has 1 N–H and O–H groups in total. The molecule has 6 nitrogen and oxygen atoms in total. The molecule has 0 saturated carbocycles. The number of rotatable bonds is 6. The lowest BCUT2D eigenvalue weighted by Gasteiger charge is -2.19. The lowest BCUT2D eigenvalue weighted by molar-refractivity contribution is 0.318. The molecule has 0 unspecified atom stereocenters. The third kappa shape index (κ3) is 4.91. The van der Waals surface area contributed by atoms with E-state index in [9.17, 15) is 13.5 Å². The van der Waals surface area contributed by atoms with Gasteiger partial charge in [0.1, 0.15) is 0 Å². The van der Waals surface area contributed by atoms with Crippen LogP contribution in [0.2, 0.25) is 0 Å². The van der Waals surface area contributed by atoms with Crippen molar-refractivity contribution in [3.05, 3.63) is 48.0 Å². The lowest BCUT2D eigenvalue weighted by Crippen LogP contribution is -2.31. The quantitative estimate of drug-likeness (QED) is 0.738. The highest BCUT2D eigenvalue weighted by atomic mass is 32.2. The number of aliphatic imine (C=N–C) groups is 1. The Bertz CT molecular complexity index is 916. The van der Waals surface area contributed by atoms with E-state index in [1.54, 1.807) is 53.0 Å². The summed E-state index contributed by atoms with van der Waals surface area (Å²) in [6, 6.07) is 11.6. The first-order chi connectivity index (χ1) is 13.5. The fraction of sp³-hybridized carbons (Fsp3) is 0.381. The molecule has 2 aromatic rings. The molecule has 0 bridgehead atoms. The van der Waals surface area contributed by atoms with Crippen LogP contribution in [0, 0.1) is 0 Å². The predicted molar refractivity (Wildman–Crippen MR) is 110 cm³/mol.